The highest BCUT2D eigenvalue weighted by atomic mass is 16.1. The molecule has 1 aliphatic heterocycles. The number of aromatic nitrogens is 3. The summed E-state index contributed by atoms with van der Waals surface area (Å²) in [6.45, 7) is 1.77. The molecular weight excluding hydrogens is 216 g/mol. The van der Waals surface area contributed by atoms with Crippen LogP contribution in [0.15, 0.2) is 23.1 Å². The fourth-order valence-electron chi connectivity index (χ4n) is 2.53. The van der Waals surface area contributed by atoms with Crippen molar-refractivity contribution >= 4 is 11.2 Å². The summed E-state index contributed by atoms with van der Waals surface area (Å²) in [4.78, 5) is 16.5. The van der Waals surface area contributed by atoms with Crippen molar-refractivity contribution < 1.29 is 0 Å². The average Bonchev–Trinajstić information content (AvgIpc) is 2.94. The minimum absolute atomic E-state index is 0.0207. The molecule has 2 aromatic rings. The minimum Gasteiger partial charge on any atom is -0.312 e. The zero-order chi connectivity index (χ0) is 11.8. The molecule has 0 radical (unpaired) electrons. The second-order valence-electron chi connectivity index (χ2n) is 4.59. The number of hydrogen-bond donors (Lipinski definition) is 1. The monoisotopic (exact) mass is 232 g/mol. The quantitative estimate of drug-likeness (QED) is 0.819. The second-order valence-corrected chi connectivity index (χ2v) is 4.59. The first-order chi connectivity index (χ1) is 8.27. The Morgan fingerprint density at radius 3 is 3.24 bits per heavy atom. The predicted molar refractivity (Wildman–Crippen MR) is 66.0 cm³/mol. The van der Waals surface area contributed by atoms with Gasteiger partial charge in [-0.2, -0.15) is 0 Å². The third-order valence-electron chi connectivity index (χ3n) is 3.47. The molecule has 1 saturated heterocycles. The van der Waals surface area contributed by atoms with Crippen LogP contribution in [0.3, 0.4) is 0 Å². The first-order valence-electron chi connectivity index (χ1n) is 6.01. The topological polar surface area (TPSA) is 51.9 Å². The van der Waals surface area contributed by atoms with Crippen molar-refractivity contribution in [2.24, 2.45) is 7.05 Å². The molecule has 5 nitrogen and oxygen atoms in total. The molecule has 0 spiro atoms. The fourth-order valence-corrected chi connectivity index (χ4v) is 2.53. The largest absolute Gasteiger partial charge is 0.330 e. The van der Waals surface area contributed by atoms with E-state index in [9.17, 15) is 4.79 Å². The van der Waals surface area contributed by atoms with Gasteiger partial charge in [-0.1, -0.05) is 0 Å². The molecule has 2 aromatic heterocycles. The first kappa shape index (κ1) is 10.5. The summed E-state index contributed by atoms with van der Waals surface area (Å²) in [6.07, 6.45) is 4.06. The van der Waals surface area contributed by atoms with E-state index in [4.69, 9.17) is 0 Å². The van der Waals surface area contributed by atoms with E-state index in [2.05, 4.69) is 10.3 Å². The van der Waals surface area contributed by atoms with E-state index in [0.717, 1.165) is 24.1 Å². The molecule has 0 aliphatic carbocycles. The van der Waals surface area contributed by atoms with Crippen molar-refractivity contribution in [3.05, 3.63) is 28.8 Å². The van der Waals surface area contributed by atoms with Gasteiger partial charge < -0.3 is 5.32 Å². The van der Waals surface area contributed by atoms with E-state index >= 15 is 0 Å². The highest BCUT2D eigenvalue weighted by Gasteiger charge is 2.18. The number of fused-ring (bicyclic) bond motifs is 1. The van der Waals surface area contributed by atoms with Crippen LogP contribution < -0.4 is 11.0 Å². The minimum atomic E-state index is 0.0207. The lowest BCUT2D eigenvalue weighted by atomic mass is 10.2. The van der Waals surface area contributed by atoms with E-state index in [1.165, 1.54) is 6.42 Å². The summed E-state index contributed by atoms with van der Waals surface area (Å²) in [5.41, 5.74) is 1.71. The molecule has 5 heteroatoms. The molecule has 1 fully saturated rings. The standard InChI is InChI=1S/C12H16N4O/c1-15-10-5-3-7-14-11(10)16(12(15)17)8-9-4-2-6-13-9/h3,5,7,9,13H,2,4,6,8H2,1H3. The van der Waals surface area contributed by atoms with Gasteiger partial charge in [-0.25, -0.2) is 9.78 Å². The zero-order valence-corrected chi connectivity index (χ0v) is 9.89. The van der Waals surface area contributed by atoms with Gasteiger partial charge in [-0.3, -0.25) is 9.13 Å². The lowest BCUT2D eigenvalue weighted by molar-refractivity contribution is 0.502. The van der Waals surface area contributed by atoms with Crippen LogP contribution >= 0.6 is 0 Å². The second kappa shape index (κ2) is 4.00. The molecule has 0 saturated carbocycles. The number of aryl methyl sites for hydroxylation is 1. The molecule has 3 heterocycles. The van der Waals surface area contributed by atoms with Crippen molar-refractivity contribution in [3.8, 4) is 0 Å². The Balaban J connectivity index is 2.08. The molecule has 1 N–H and O–H groups in total. The summed E-state index contributed by atoms with van der Waals surface area (Å²) in [5, 5.41) is 3.41. The molecule has 17 heavy (non-hydrogen) atoms. The summed E-state index contributed by atoms with van der Waals surface area (Å²) in [6, 6.07) is 4.20. The van der Waals surface area contributed by atoms with Gasteiger partial charge in [0.1, 0.15) is 0 Å². The Morgan fingerprint density at radius 2 is 2.47 bits per heavy atom. The van der Waals surface area contributed by atoms with Crippen LogP contribution in [-0.4, -0.2) is 26.7 Å². The molecule has 1 aliphatic rings. The van der Waals surface area contributed by atoms with Crippen LogP contribution in [0.25, 0.3) is 11.2 Å². The third-order valence-corrected chi connectivity index (χ3v) is 3.47. The van der Waals surface area contributed by atoms with Crippen molar-refractivity contribution in [1.82, 2.24) is 19.4 Å². The molecule has 3 rings (SSSR count). The Hall–Kier alpha value is -1.62. The Kier molecular flexibility index (Phi) is 2.48. The van der Waals surface area contributed by atoms with Crippen molar-refractivity contribution in [1.29, 1.82) is 0 Å². The third kappa shape index (κ3) is 1.67. The number of hydrogen-bond acceptors (Lipinski definition) is 3. The van der Waals surface area contributed by atoms with Crippen molar-refractivity contribution in [2.75, 3.05) is 6.54 Å². The molecule has 0 amide bonds. The Labute approximate surface area is 99.1 Å². The summed E-state index contributed by atoms with van der Waals surface area (Å²) in [7, 11) is 1.80. The normalized spacial score (nSPS) is 20.2. The van der Waals surface area contributed by atoms with Gasteiger partial charge in [-0.15, -0.1) is 0 Å². The van der Waals surface area contributed by atoms with E-state index in [-0.39, 0.29) is 5.69 Å². The Bertz CT molecular complexity index is 592. The van der Waals surface area contributed by atoms with Gasteiger partial charge in [-0.05, 0) is 31.5 Å². The van der Waals surface area contributed by atoms with Gasteiger partial charge in [0, 0.05) is 25.8 Å². The summed E-state index contributed by atoms with van der Waals surface area (Å²) < 4.78 is 3.44. The zero-order valence-electron chi connectivity index (χ0n) is 9.89. The Morgan fingerprint density at radius 1 is 1.59 bits per heavy atom. The smallest absolute Gasteiger partial charge is 0.312 e. The average molecular weight is 232 g/mol. The van der Waals surface area contributed by atoms with E-state index in [0.29, 0.717) is 12.6 Å². The SMILES string of the molecule is Cn1c(=O)n(CC2CCCN2)c2ncccc21. The first-order valence-corrected chi connectivity index (χ1v) is 6.01. The van der Waals surface area contributed by atoms with Crippen molar-refractivity contribution in [3.63, 3.8) is 0 Å². The van der Waals surface area contributed by atoms with Gasteiger partial charge in [0.2, 0.25) is 0 Å². The van der Waals surface area contributed by atoms with E-state index in [1.54, 1.807) is 22.4 Å². The number of nitrogens with one attached hydrogen (secondary N) is 1. The lowest BCUT2D eigenvalue weighted by Crippen LogP contribution is -2.32. The van der Waals surface area contributed by atoms with Crippen LogP contribution in [0, 0.1) is 0 Å². The molecule has 1 atom stereocenters. The number of pyridine rings is 1. The van der Waals surface area contributed by atoms with Gasteiger partial charge in [0.25, 0.3) is 0 Å². The molecule has 0 bridgehead atoms. The summed E-state index contributed by atoms with van der Waals surface area (Å²) >= 11 is 0. The van der Waals surface area contributed by atoms with Gasteiger partial charge in [0.15, 0.2) is 5.65 Å². The molecule has 1 unspecified atom stereocenters. The van der Waals surface area contributed by atoms with Crippen LogP contribution in [-0.2, 0) is 13.6 Å². The van der Waals surface area contributed by atoms with Gasteiger partial charge >= 0.3 is 5.69 Å². The molecule has 0 aromatic carbocycles. The number of rotatable bonds is 2. The van der Waals surface area contributed by atoms with Crippen LogP contribution in [0.2, 0.25) is 0 Å². The van der Waals surface area contributed by atoms with Crippen molar-refractivity contribution in [2.45, 2.75) is 25.4 Å². The van der Waals surface area contributed by atoms with Crippen LogP contribution in [0.5, 0.6) is 0 Å². The molecule has 90 valence electrons. The van der Waals surface area contributed by atoms with Gasteiger partial charge in [0.05, 0.1) is 5.52 Å². The fraction of sp³-hybridized carbons (Fsp3) is 0.500. The number of imidazole rings is 1. The van der Waals surface area contributed by atoms with Crippen LogP contribution in [0.1, 0.15) is 12.8 Å². The number of nitrogens with zero attached hydrogens (tertiary/aromatic N) is 3. The predicted octanol–water partition coefficient (Wildman–Crippen LogP) is 0.487. The van der Waals surface area contributed by atoms with Crippen LogP contribution in [0.4, 0.5) is 0 Å². The molecular formula is C12H16N4O. The highest BCUT2D eigenvalue weighted by molar-refractivity contribution is 5.71. The maximum absolute atomic E-state index is 12.1. The maximum atomic E-state index is 12.1. The summed E-state index contributed by atoms with van der Waals surface area (Å²) in [5.74, 6) is 0. The van der Waals surface area contributed by atoms with E-state index in [1.807, 2.05) is 12.1 Å². The van der Waals surface area contributed by atoms with E-state index < -0.39 is 0 Å². The maximum Gasteiger partial charge on any atom is 0.330 e. The lowest BCUT2D eigenvalue weighted by Gasteiger charge is -2.10. The highest BCUT2D eigenvalue weighted by Crippen LogP contribution is 2.12.